The second kappa shape index (κ2) is 15.8. The molecular formula is C45H46ClN7O6S2. The molecule has 61 heavy (non-hydrogen) atoms. The second-order valence-corrected chi connectivity index (χ2v) is 19.3. The molecule has 1 fully saturated rings. The van der Waals surface area contributed by atoms with Crippen molar-refractivity contribution in [3.8, 4) is 11.3 Å². The third kappa shape index (κ3) is 7.30. The van der Waals surface area contributed by atoms with Crippen molar-refractivity contribution in [3.05, 3.63) is 151 Å². The van der Waals surface area contributed by atoms with Crippen molar-refractivity contribution in [2.75, 3.05) is 37.4 Å². The van der Waals surface area contributed by atoms with Gasteiger partial charge in [0.15, 0.2) is 0 Å². The molecule has 5 aliphatic rings. The maximum Gasteiger partial charge on any atom is 0.294 e. The molecule has 0 spiro atoms. The number of anilines is 1. The lowest BCUT2D eigenvalue weighted by Crippen LogP contribution is -2.53. The van der Waals surface area contributed by atoms with Crippen molar-refractivity contribution in [2.24, 2.45) is 7.05 Å². The summed E-state index contributed by atoms with van der Waals surface area (Å²) >= 11 is 7.51. The molecule has 1 saturated heterocycles. The first-order valence-electron chi connectivity index (χ1n) is 20.3. The van der Waals surface area contributed by atoms with E-state index in [1.54, 1.807) is 6.08 Å². The Bertz CT molecular complexity index is 2700. The zero-order valence-corrected chi connectivity index (χ0v) is 36.4. The Morgan fingerprint density at radius 2 is 1.66 bits per heavy atom. The monoisotopic (exact) mass is 879 g/mol. The molecule has 3 N–H and O–H groups in total. The number of benzene rings is 3. The van der Waals surface area contributed by atoms with Gasteiger partial charge in [-0.1, -0.05) is 41.9 Å². The van der Waals surface area contributed by atoms with Crippen LogP contribution in [-0.2, 0) is 22.5 Å². The highest BCUT2D eigenvalue weighted by molar-refractivity contribution is 8.00. The first-order valence-corrected chi connectivity index (χ1v) is 23.0. The van der Waals surface area contributed by atoms with E-state index in [2.05, 4.69) is 36.8 Å². The van der Waals surface area contributed by atoms with E-state index in [9.17, 15) is 28.4 Å². The summed E-state index contributed by atoms with van der Waals surface area (Å²) in [6.07, 6.45) is 7.57. The molecule has 16 heteroatoms. The van der Waals surface area contributed by atoms with E-state index < -0.39 is 26.5 Å². The van der Waals surface area contributed by atoms with Gasteiger partial charge in [0.2, 0.25) is 0 Å². The fraction of sp³-hybridized carbons (Fsp3) is 0.311. The maximum absolute atomic E-state index is 14.3. The maximum atomic E-state index is 14.3. The number of aliphatic hydroxyl groups excluding tert-OH is 1. The molecule has 4 aromatic rings. The van der Waals surface area contributed by atoms with E-state index in [-0.39, 0.29) is 22.2 Å². The number of rotatable bonds is 10. The zero-order valence-electron chi connectivity index (χ0n) is 34.0. The summed E-state index contributed by atoms with van der Waals surface area (Å²) in [7, 11) is -2.08. The molecule has 3 aliphatic heterocycles. The number of nitrogens with zero attached hydrogens (tertiary/aromatic N) is 5. The number of amides is 1. The van der Waals surface area contributed by atoms with Crippen molar-refractivity contribution >= 4 is 50.9 Å². The van der Waals surface area contributed by atoms with E-state index in [1.807, 2.05) is 79.5 Å². The molecule has 3 aromatic carbocycles. The van der Waals surface area contributed by atoms with E-state index >= 15 is 0 Å². The van der Waals surface area contributed by atoms with Crippen molar-refractivity contribution in [3.63, 3.8) is 0 Å². The van der Waals surface area contributed by atoms with Crippen LogP contribution in [0.2, 0.25) is 5.02 Å². The number of carbonyl (C=O) groups excluding carboxylic acids is 1. The first kappa shape index (κ1) is 40.9. The summed E-state index contributed by atoms with van der Waals surface area (Å²) in [6, 6.07) is 20.9. The van der Waals surface area contributed by atoms with Crippen LogP contribution in [0.25, 0.3) is 11.3 Å². The lowest BCUT2D eigenvalue weighted by molar-refractivity contribution is -0.384. The van der Waals surface area contributed by atoms with Gasteiger partial charge in [0.1, 0.15) is 5.69 Å². The van der Waals surface area contributed by atoms with E-state index in [1.165, 1.54) is 24.1 Å². The zero-order chi connectivity index (χ0) is 42.8. The predicted octanol–water partition coefficient (Wildman–Crippen LogP) is 7.86. The predicted molar refractivity (Wildman–Crippen MR) is 237 cm³/mol. The Hall–Kier alpha value is -5.48. The average molecular weight is 880 g/mol. The largest absolute Gasteiger partial charge is 0.389 e. The normalized spacial score (nSPS) is 21.3. The Balaban J connectivity index is 0.917. The molecule has 2 aliphatic carbocycles. The summed E-state index contributed by atoms with van der Waals surface area (Å²) in [5.74, 6) is -0.0130. The first-order chi connectivity index (χ1) is 29.2. The smallest absolute Gasteiger partial charge is 0.294 e. The summed E-state index contributed by atoms with van der Waals surface area (Å²) in [5.41, 5.74) is 8.30. The molecule has 316 valence electrons. The van der Waals surface area contributed by atoms with Crippen LogP contribution < -0.4 is 9.44 Å². The van der Waals surface area contributed by atoms with Gasteiger partial charge in [-0.25, -0.2) is 8.42 Å². The molecule has 2 unspecified atom stereocenters. The summed E-state index contributed by atoms with van der Waals surface area (Å²) in [6.45, 7) is 7.68. The fourth-order valence-electron chi connectivity index (χ4n) is 9.58. The third-order valence-electron chi connectivity index (χ3n) is 12.7. The Labute approximate surface area is 364 Å². The SMILES string of the molecule is Cc1c2c(c(-c3ccc(Cl)cc3)n1C)C1(C)C=C(N3CCN(C4=CC=C(NS(=O)(=O)c5ccc(NSc6ccccc6)c([N+](=O)[O-])c5)CC4)CC3)CC3=C1N(CCC3O)C2=O. The van der Waals surface area contributed by atoms with Crippen molar-refractivity contribution < 1.29 is 23.2 Å². The number of fused-ring (bicyclic) bond motifs is 2. The van der Waals surface area contributed by atoms with Gasteiger partial charge >= 0.3 is 0 Å². The number of nitrogens with one attached hydrogen (secondary N) is 2. The highest BCUT2D eigenvalue weighted by atomic mass is 35.5. The van der Waals surface area contributed by atoms with Gasteiger partial charge in [0.05, 0.1) is 32.6 Å². The number of hydrogen-bond acceptors (Lipinski definition) is 10. The standard InChI is InChI=1S/C45H46ClN7O6S2/c1-28-40-41(42(49(28)3)29-9-11-30(46)12-10-29)45(2)27-33(25-36-39(54)19-20-52(43(36)45)44(40)55)51-23-21-50(22-24-51)32-15-13-31(14-16-32)48-61(58,59)35-17-18-37(38(26-35)53(56)57)47-60-34-7-5-4-6-8-34/h4-13,15,17-18,26-27,39,47-48,54H,14,16,19-25H2,1-3H3. The van der Waals surface area contributed by atoms with Crippen LogP contribution in [0.5, 0.6) is 0 Å². The topological polar surface area (TPSA) is 153 Å². The second-order valence-electron chi connectivity index (χ2n) is 16.3. The fourth-order valence-corrected chi connectivity index (χ4v) is 11.6. The minimum atomic E-state index is -4.09. The molecule has 1 aromatic heterocycles. The summed E-state index contributed by atoms with van der Waals surface area (Å²) < 4.78 is 34.6. The molecule has 9 rings (SSSR count). The quantitative estimate of drug-likeness (QED) is 0.0816. The molecule has 1 amide bonds. The minimum absolute atomic E-state index is 0.0130. The number of nitro benzene ring substituents is 1. The van der Waals surface area contributed by atoms with Gasteiger partial charge in [0.25, 0.3) is 21.6 Å². The average Bonchev–Trinajstić information content (AvgIpc) is 3.53. The van der Waals surface area contributed by atoms with Crippen LogP contribution in [0.3, 0.4) is 0 Å². The lowest BCUT2D eigenvalue weighted by atomic mass is 9.66. The summed E-state index contributed by atoms with van der Waals surface area (Å²) in [4.78, 5) is 33.0. The number of aliphatic hydroxyl groups is 1. The highest BCUT2D eigenvalue weighted by Gasteiger charge is 2.52. The van der Waals surface area contributed by atoms with Crippen molar-refractivity contribution in [1.82, 2.24) is 24.0 Å². The van der Waals surface area contributed by atoms with Gasteiger partial charge in [-0.05, 0) is 111 Å². The van der Waals surface area contributed by atoms with E-state index in [0.29, 0.717) is 42.9 Å². The van der Waals surface area contributed by atoms with Crippen LogP contribution >= 0.6 is 23.5 Å². The molecule has 0 radical (unpaired) electrons. The Kier molecular flexibility index (Phi) is 10.6. The van der Waals surface area contributed by atoms with Crippen molar-refractivity contribution in [1.29, 1.82) is 0 Å². The third-order valence-corrected chi connectivity index (χ3v) is 15.2. The van der Waals surface area contributed by atoms with Crippen LogP contribution in [0.1, 0.15) is 54.2 Å². The van der Waals surface area contributed by atoms with Crippen molar-refractivity contribution in [2.45, 2.75) is 60.8 Å². The summed E-state index contributed by atoms with van der Waals surface area (Å²) in [5, 5.41) is 24.1. The number of hydrogen-bond donors (Lipinski definition) is 3. The van der Waals surface area contributed by atoms with E-state index in [4.69, 9.17) is 11.6 Å². The van der Waals surface area contributed by atoms with Crippen LogP contribution in [0.15, 0.2) is 129 Å². The molecule has 13 nitrogen and oxygen atoms in total. The number of halogens is 1. The number of aromatic nitrogens is 1. The van der Waals surface area contributed by atoms with E-state index in [0.717, 1.165) is 87.9 Å². The molecule has 0 saturated carbocycles. The lowest BCUT2D eigenvalue weighted by Gasteiger charge is -2.51. The molecular weight excluding hydrogens is 834 g/mol. The number of piperazine rings is 1. The van der Waals surface area contributed by atoms with Gasteiger partial charge in [-0.3, -0.25) is 19.6 Å². The number of sulfonamides is 1. The molecule has 2 atom stereocenters. The van der Waals surface area contributed by atoms with Gasteiger partial charge in [-0.2, -0.15) is 0 Å². The Morgan fingerprint density at radius 3 is 2.33 bits per heavy atom. The van der Waals surface area contributed by atoms with Gasteiger partial charge in [0, 0.05) is 96.2 Å². The number of allylic oxidation sites excluding steroid dienone is 6. The van der Waals surface area contributed by atoms with Gasteiger partial charge in [-0.15, -0.1) is 0 Å². The van der Waals surface area contributed by atoms with Crippen LogP contribution in [-0.4, -0.2) is 82.4 Å². The minimum Gasteiger partial charge on any atom is -0.389 e. The number of nitro groups is 1. The van der Waals surface area contributed by atoms with Gasteiger partial charge < -0.3 is 29.1 Å². The number of carbonyl (C=O) groups is 1. The van der Waals surface area contributed by atoms with Crippen LogP contribution in [0.4, 0.5) is 11.4 Å². The Morgan fingerprint density at radius 1 is 0.951 bits per heavy atom. The molecule has 4 heterocycles. The molecule has 0 bridgehead atoms. The van der Waals surface area contributed by atoms with Crippen LogP contribution in [0, 0.1) is 17.0 Å². The highest BCUT2D eigenvalue weighted by Crippen LogP contribution is 2.55.